The number of aryl methyl sites for hydroxylation is 1. The van der Waals surface area contributed by atoms with Crippen LogP contribution in [0.3, 0.4) is 0 Å². The number of nitrogens with zero attached hydrogens (tertiary/aromatic N) is 1. The topological polar surface area (TPSA) is 88.5 Å². The number of aliphatic carboxylic acids is 1. The highest BCUT2D eigenvalue weighted by atomic mass is 19.1. The first-order valence-electron chi connectivity index (χ1n) is 9.97. The van der Waals surface area contributed by atoms with Gasteiger partial charge in [-0.05, 0) is 46.7 Å². The molecule has 0 radical (unpaired) electrons. The predicted octanol–water partition coefficient (Wildman–Crippen LogP) is 4.15. The van der Waals surface area contributed by atoms with Gasteiger partial charge in [0.25, 0.3) is 0 Å². The number of halogens is 1. The fourth-order valence-electron chi connectivity index (χ4n) is 3.91. The van der Waals surface area contributed by atoms with Gasteiger partial charge < -0.3 is 15.2 Å². The molecule has 2 aromatic carbocycles. The van der Waals surface area contributed by atoms with Crippen LogP contribution in [0.25, 0.3) is 11.1 Å². The molecule has 158 valence electrons. The minimum absolute atomic E-state index is 0.105. The highest BCUT2D eigenvalue weighted by Crippen LogP contribution is 2.44. The Balaban J connectivity index is 1.38. The molecule has 7 heteroatoms. The number of carboxylic acid groups (broad SMARTS) is 1. The van der Waals surface area contributed by atoms with Crippen LogP contribution in [0.5, 0.6) is 0 Å². The number of hydrogen-bond acceptors (Lipinski definition) is 4. The van der Waals surface area contributed by atoms with E-state index >= 15 is 0 Å². The van der Waals surface area contributed by atoms with Crippen molar-refractivity contribution in [3.05, 3.63) is 89.5 Å². The average Bonchev–Trinajstić information content (AvgIpc) is 3.10. The van der Waals surface area contributed by atoms with Crippen molar-refractivity contribution in [1.29, 1.82) is 0 Å². The second-order valence-electron chi connectivity index (χ2n) is 7.39. The van der Waals surface area contributed by atoms with Gasteiger partial charge in [-0.2, -0.15) is 4.39 Å². The zero-order valence-corrected chi connectivity index (χ0v) is 16.6. The fraction of sp³-hybridized carbons (Fsp3) is 0.208. The molecule has 1 amide bonds. The van der Waals surface area contributed by atoms with E-state index in [1.807, 2.05) is 48.5 Å². The zero-order chi connectivity index (χ0) is 21.8. The minimum atomic E-state index is -1.16. The van der Waals surface area contributed by atoms with Gasteiger partial charge in [0.2, 0.25) is 5.95 Å². The summed E-state index contributed by atoms with van der Waals surface area (Å²) in [5.74, 6) is -1.87. The van der Waals surface area contributed by atoms with Gasteiger partial charge in [0, 0.05) is 12.1 Å². The van der Waals surface area contributed by atoms with Gasteiger partial charge in [-0.25, -0.2) is 14.6 Å². The van der Waals surface area contributed by atoms with E-state index in [0.29, 0.717) is 12.0 Å². The molecular formula is C24H21FN2O4. The van der Waals surface area contributed by atoms with Crippen molar-refractivity contribution in [3.8, 4) is 11.1 Å². The molecule has 0 fully saturated rings. The number of benzene rings is 2. The second-order valence-corrected chi connectivity index (χ2v) is 7.39. The lowest BCUT2D eigenvalue weighted by atomic mass is 9.98. The number of aromatic nitrogens is 1. The standard InChI is InChI=1S/C24H21FN2O4/c25-22-12-10-15(13-26-22)9-11-21(23(28)29)27-24(30)31-14-20-18-7-3-1-5-16(18)17-6-2-4-8-19(17)20/h1-8,10,12-13,20-21H,9,11,14H2,(H,27,30)(H,28,29)/t21-/m0/s1. The molecule has 1 aliphatic carbocycles. The number of alkyl carbamates (subject to hydrolysis) is 1. The van der Waals surface area contributed by atoms with E-state index in [9.17, 15) is 19.1 Å². The van der Waals surface area contributed by atoms with Gasteiger partial charge in [-0.3, -0.25) is 0 Å². The lowest BCUT2D eigenvalue weighted by Gasteiger charge is -2.17. The van der Waals surface area contributed by atoms with Crippen molar-refractivity contribution < 1.29 is 23.8 Å². The van der Waals surface area contributed by atoms with Crippen molar-refractivity contribution in [3.63, 3.8) is 0 Å². The van der Waals surface area contributed by atoms with Gasteiger partial charge in [-0.15, -0.1) is 0 Å². The van der Waals surface area contributed by atoms with E-state index in [2.05, 4.69) is 10.3 Å². The molecule has 0 bridgehead atoms. The van der Waals surface area contributed by atoms with Crippen LogP contribution in [0.2, 0.25) is 0 Å². The molecule has 1 aromatic heterocycles. The summed E-state index contributed by atoms with van der Waals surface area (Å²) >= 11 is 0. The van der Waals surface area contributed by atoms with Gasteiger partial charge in [-0.1, -0.05) is 54.6 Å². The highest BCUT2D eigenvalue weighted by molar-refractivity contribution is 5.81. The third-order valence-electron chi connectivity index (χ3n) is 5.44. The third-order valence-corrected chi connectivity index (χ3v) is 5.44. The number of ether oxygens (including phenoxy) is 1. The molecule has 2 N–H and O–H groups in total. The summed E-state index contributed by atoms with van der Waals surface area (Å²) in [6.07, 6.45) is 1.02. The smallest absolute Gasteiger partial charge is 0.407 e. The van der Waals surface area contributed by atoms with Gasteiger partial charge in [0.05, 0.1) is 0 Å². The largest absolute Gasteiger partial charge is 0.480 e. The lowest BCUT2D eigenvalue weighted by molar-refractivity contribution is -0.139. The summed E-state index contributed by atoms with van der Waals surface area (Å²) in [6.45, 7) is 0.105. The molecule has 0 spiro atoms. The number of carboxylic acids is 1. The first kappa shape index (κ1) is 20.5. The maximum atomic E-state index is 12.9. The number of fused-ring (bicyclic) bond motifs is 3. The van der Waals surface area contributed by atoms with Crippen LogP contribution < -0.4 is 5.32 Å². The first-order valence-corrected chi connectivity index (χ1v) is 9.97. The zero-order valence-electron chi connectivity index (χ0n) is 16.6. The molecule has 0 unspecified atom stereocenters. The van der Waals surface area contributed by atoms with E-state index < -0.39 is 24.1 Å². The monoisotopic (exact) mass is 420 g/mol. The van der Waals surface area contributed by atoms with Crippen molar-refractivity contribution in [1.82, 2.24) is 10.3 Å². The Morgan fingerprint density at radius 2 is 1.68 bits per heavy atom. The lowest BCUT2D eigenvalue weighted by Crippen LogP contribution is -2.41. The third kappa shape index (κ3) is 4.55. The number of pyridine rings is 1. The number of nitrogens with one attached hydrogen (secondary N) is 1. The Hall–Kier alpha value is -3.74. The molecule has 1 heterocycles. The molecule has 31 heavy (non-hydrogen) atoms. The average molecular weight is 420 g/mol. The van der Waals surface area contributed by atoms with Crippen LogP contribution in [-0.2, 0) is 16.0 Å². The Bertz CT molecular complexity index is 1060. The summed E-state index contributed by atoms with van der Waals surface area (Å²) in [4.78, 5) is 27.4. The van der Waals surface area contributed by atoms with E-state index in [1.165, 1.54) is 18.3 Å². The molecule has 6 nitrogen and oxygen atoms in total. The van der Waals surface area contributed by atoms with Crippen LogP contribution in [-0.4, -0.2) is 34.8 Å². The minimum Gasteiger partial charge on any atom is -0.480 e. The molecule has 0 saturated heterocycles. The maximum absolute atomic E-state index is 12.9. The fourth-order valence-corrected chi connectivity index (χ4v) is 3.91. The number of carbonyl (C=O) groups is 2. The van der Waals surface area contributed by atoms with E-state index in [0.717, 1.165) is 22.3 Å². The Morgan fingerprint density at radius 1 is 1.03 bits per heavy atom. The number of rotatable bonds is 7. The Morgan fingerprint density at radius 3 is 2.26 bits per heavy atom. The molecular weight excluding hydrogens is 399 g/mol. The summed E-state index contributed by atoms with van der Waals surface area (Å²) in [5, 5.41) is 11.9. The van der Waals surface area contributed by atoms with E-state index in [-0.39, 0.29) is 18.9 Å². The molecule has 1 atom stereocenters. The summed E-state index contributed by atoms with van der Waals surface area (Å²) in [5.41, 5.74) is 5.07. The van der Waals surface area contributed by atoms with E-state index in [1.54, 1.807) is 0 Å². The Kier molecular flexibility index (Phi) is 5.93. The number of carbonyl (C=O) groups excluding carboxylic acids is 1. The highest BCUT2D eigenvalue weighted by Gasteiger charge is 2.29. The van der Waals surface area contributed by atoms with Crippen LogP contribution in [0.1, 0.15) is 29.0 Å². The van der Waals surface area contributed by atoms with Crippen molar-refractivity contribution in [2.45, 2.75) is 24.8 Å². The molecule has 0 saturated carbocycles. The van der Waals surface area contributed by atoms with Crippen molar-refractivity contribution in [2.75, 3.05) is 6.61 Å². The van der Waals surface area contributed by atoms with Crippen LogP contribution >= 0.6 is 0 Å². The predicted molar refractivity (Wildman–Crippen MR) is 112 cm³/mol. The quantitative estimate of drug-likeness (QED) is 0.561. The van der Waals surface area contributed by atoms with Crippen LogP contribution in [0.4, 0.5) is 9.18 Å². The van der Waals surface area contributed by atoms with E-state index in [4.69, 9.17) is 4.74 Å². The van der Waals surface area contributed by atoms with Gasteiger partial charge in [0.1, 0.15) is 12.6 Å². The van der Waals surface area contributed by atoms with Crippen LogP contribution in [0, 0.1) is 5.95 Å². The molecule has 4 rings (SSSR count). The first-order chi connectivity index (χ1) is 15.0. The maximum Gasteiger partial charge on any atom is 0.407 e. The SMILES string of the molecule is O=C(N[C@@H](CCc1ccc(F)nc1)C(=O)O)OCC1c2ccccc2-c2ccccc21. The normalized spacial score (nSPS) is 13.2. The number of amides is 1. The molecule has 1 aliphatic rings. The van der Waals surface area contributed by atoms with Crippen molar-refractivity contribution in [2.24, 2.45) is 0 Å². The summed E-state index contributed by atoms with van der Waals surface area (Å²) < 4.78 is 18.3. The molecule has 3 aromatic rings. The summed E-state index contributed by atoms with van der Waals surface area (Å²) in [7, 11) is 0. The molecule has 0 aliphatic heterocycles. The van der Waals surface area contributed by atoms with Crippen LogP contribution in [0.15, 0.2) is 66.9 Å². The van der Waals surface area contributed by atoms with Crippen molar-refractivity contribution >= 4 is 12.1 Å². The summed E-state index contributed by atoms with van der Waals surface area (Å²) in [6, 6.07) is 17.6. The van der Waals surface area contributed by atoms with Gasteiger partial charge >= 0.3 is 12.1 Å². The van der Waals surface area contributed by atoms with Gasteiger partial charge in [0.15, 0.2) is 0 Å². The second kappa shape index (κ2) is 8.95. The number of hydrogen-bond donors (Lipinski definition) is 2. The Labute approximate surface area is 178 Å².